The molecule has 0 aromatic heterocycles. The summed E-state index contributed by atoms with van der Waals surface area (Å²) in [6.45, 7) is 2.61. The van der Waals surface area contributed by atoms with Gasteiger partial charge in [-0.3, -0.25) is 0 Å². The third-order valence-electron chi connectivity index (χ3n) is 2.84. The van der Waals surface area contributed by atoms with E-state index < -0.39 is 0 Å². The highest BCUT2D eigenvalue weighted by molar-refractivity contribution is 9.09. The first-order valence-electron chi connectivity index (χ1n) is 6.91. The van der Waals surface area contributed by atoms with Gasteiger partial charge in [0.15, 0.2) is 11.5 Å². The van der Waals surface area contributed by atoms with Crippen LogP contribution >= 0.6 is 15.9 Å². The zero-order valence-electron chi connectivity index (χ0n) is 11.7. The Morgan fingerprint density at radius 3 is 2.47 bits per heavy atom. The van der Waals surface area contributed by atoms with E-state index in [-0.39, 0.29) is 0 Å². The smallest absolute Gasteiger partial charge is 0.161 e. The summed E-state index contributed by atoms with van der Waals surface area (Å²) in [5.74, 6) is 1.60. The number of methoxy groups -OCH3 is 1. The normalized spacial score (nSPS) is 10.4. The van der Waals surface area contributed by atoms with Crippen molar-refractivity contribution < 1.29 is 9.47 Å². The van der Waals surface area contributed by atoms with Crippen LogP contribution in [-0.4, -0.2) is 32.1 Å². The van der Waals surface area contributed by atoms with Crippen molar-refractivity contribution in [1.82, 2.24) is 5.32 Å². The lowest BCUT2D eigenvalue weighted by molar-refractivity contribution is 0.292. The number of para-hydroxylation sites is 2. The lowest BCUT2D eigenvalue weighted by atomic mass is 10.2. The quantitative estimate of drug-likeness (QED) is 0.497. The molecule has 4 heteroatoms. The van der Waals surface area contributed by atoms with Gasteiger partial charge in [0.2, 0.25) is 0 Å². The molecule has 3 nitrogen and oxygen atoms in total. The predicted molar refractivity (Wildman–Crippen MR) is 83.6 cm³/mol. The van der Waals surface area contributed by atoms with Crippen molar-refractivity contribution in [1.29, 1.82) is 0 Å². The molecule has 108 valence electrons. The summed E-state index contributed by atoms with van der Waals surface area (Å²) in [6.07, 6.45) is 5.12. The van der Waals surface area contributed by atoms with E-state index in [9.17, 15) is 0 Å². The number of hydrogen-bond donors (Lipinski definition) is 1. The average Bonchev–Trinajstić information content (AvgIpc) is 2.46. The fourth-order valence-corrected chi connectivity index (χ4v) is 2.19. The highest BCUT2D eigenvalue weighted by atomic mass is 79.9. The number of benzene rings is 1. The topological polar surface area (TPSA) is 30.5 Å². The molecular formula is C15H24BrNO2. The van der Waals surface area contributed by atoms with Gasteiger partial charge >= 0.3 is 0 Å². The number of halogens is 1. The van der Waals surface area contributed by atoms with E-state index in [1.807, 2.05) is 24.3 Å². The molecule has 0 aliphatic heterocycles. The molecule has 0 atom stereocenters. The number of rotatable bonds is 11. The molecule has 0 aliphatic rings. The van der Waals surface area contributed by atoms with Crippen molar-refractivity contribution in [3.05, 3.63) is 24.3 Å². The molecule has 1 aromatic rings. The molecule has 0 heterocycles. The van der Waals surface area contributed by atoms with Crippen LogP contribution in [0.5, 0.6) is 11.5 Å². The van der Waals surface area contributed by atoms with E-state index in [1.165, 1.54) is 25.7 Å². The van der Waals surface area contributed by atoms with Crippen molar-refractivity contribution >= 4 is 15.9 Å². The molecule has 1 rings (SSSR count). The first-order valence-corrected chi connectivity index (χ1v) is 8.03. The van der Waals surface area contributed by atoms with Gasteiger partial charge in [-0.25, -0.2) is 0 Å². The molecule has 0 aliphatic carbocycles. The molecule has 0 bridgehead atoms. The van der Waals surface area contributed by atoms with E-state index in [4.69, 9.17) is 9.47 Å². The highest BCUT2D eigenvalue weighted by Crippen LogP contribution is 2.25. The fraction of sp³-hybridized carbons (Fsp3) is 0.600. The first-order chi connectivity index (χ1) is 9.38. The molecule has 0 saturated carbocycles. The zero-order chi connectivity index (χ0) is 13.8. The molecule has 0 saturated heterocycles. The van der Waals surface area contributed by atoms with Crippen LogP contribution in [0.3, 0.4) is 0 Å². The number of alkyl halides is 1. The third kappa shape index (κ3) is 7.43. The van der Waals surface area contributed by atoms with Crippen LogP contribution < -0.4 is 14.8 Å². The zero-order valence-corrected chi connectivity index (χ0v) is 13.2. The average molecular weight is 330 g/mol. The minimum absolute atomic E-state index is 0.668. The summed E-state index contributed by atoms with van der Waals surface area (Å²) in [5, 5.41) is 4.51. The van der Waals surface area contributed by atoms with Gasteiger partial charge in [0, 0.05) is 11.9 Å². The summed E-state index contributed by atoms with van der Waals surface area (Å²) in [4.78, 5) is 0. The molecule has 0 amide bonds. The second-order valence-electron chi connectivity index (χ2n) is 4.35. The lowest BCUT2D eigenvalue weighted by Crippen LogP contribution is -2.22. The Hall–Kier alpha value is -0.740. The lowest BCUT2D eigenvalue weighted by Gasteiger charge is -2.10. The van der Waals surface area contributed by atoms with Crippen LogP contribution in [0.1, 0.15) is 25.7 Å². The molecule has 0 unspecified atom stereocenters. The van der Waals surface area contributed by atoms with Crippen molar-refractivity contribution in [3.8, 4) is 11.5 Å². The minimum atomic E-state index is 0.668. The number of nitrogens with one attached hydrogen (secondary N) is 1. The van der Waals surface area contributed by atoms with Crippen molar-refractivity contribution in [3.63, 3.8) is 0 Å². The maximum absolute atomic E-state index is 5.68. The van der Waals surface area contributed by atoms with Gasteiger partial charge in [0.05, 0.1) is 7.11 Å². The van der Waals surface area contributed by atoms with Gasteiger partial charge < -0.3 is 14.8 Å². The van der Waals surface area contributed by atoms with E-state index >= 15 is 0 Å². The predicted octanol–water partition coefficient (Wildman–Crippen LogP) is 3.62. The van der Waals surface area contributed by atoms with Gasteiger partial charge in [-0.05, 0) is 31.5 Å². The van der Waals surface area contributed by atoms with Gasteiger partial charge in [-0.1, -0.05) is 40.9 Å². The van der Waals surface area contributed by atoms with Crippen LogP contribution in [0.4, 0.5) is 0 Å². The molecule has 0 fully saturated rings. The molecule has 1 N–H and O–H groups in total. The molecule has 19 heavy (non-hydrogen) atoms. The number of ether oxygens (including phenoxy) is 2. The van der Waals surface area contributed by atoms with E-state index in [2.05, 4.69) is 21.2 Å². The Morgan fingerprint density at radius 2 is 1.74 bits per heavy atom. The van der Waals surface area contributed by atoms with Crippen molar-refractivity contribution in [2.45, 2.75) is 25.7 Å². The van der Waals surface area contributed by atoms with E-state index in [1.54, 1.807) is 7.11 Å². The van der Waals surface area contributed by atoms with Crippen molar-refractivity contribution in [2.24, 2.45) is 0 Å². The molecule has 0 spiro atoms. The summed E-state index contributed by atoms with van der Waals surface area (Å²) in [5.41, 5.74) is 0. The number of unbranched alkanes of at least 4 members (excludes halogenated alkanes) is 3. The van der Waals surface area contributed by atoms with E-state index in [0.29, 0.717) is 6.61 Å². The van der Waals surface area contributed by atoms with Gasteiger partial charge in [-0.15, -0.1) is 0 Å². The number of hydrogen-bond acceptors (Lipinski definition) is 3. The fourth-order valence-electron chi connectivity index (χ4n) is 1.79. The van der Waals surface area contributed by atoms with Crippen LogP contribution in [-0.2, 0) is 0 Å². The summed E-state index contributed by atoms with van der Waals surface area (Å²) < 4.78 is 10.9. The van der Waals surface area contributed by atoms with Gasteiger partial charge in [-0.2, -0.15) is 0 Å². The van der Waals surface area contributed by atoms with Crippen LogP contribution in [0.2, 0.25) is 0 Å². The molecular weight excluding hydrogens is 306 g/mol. The SMILES string of the molecule is COc1ccccc1OCCNCCCCCCBr. The second kappa shape index (κ2) is 11.1. The molecule has 1 aromatic carbocycles. The van der Waals surface area contributed by atoms with Crippen LogP contribution in [0, 0.1) is 0 Å². The Morgan fingerprint density at radius 1 is 1.00 bits per heavy atom. The third-order valence-corrected chi connectivity index (χ3v) is 3.40. The largest absolute Gasteiger partial charge is 0.493 e. The monoisotopic (exact) mass is 329 g/mol. The van der Waals surface area contributed by atoms with Gasteiger partial charge in [0.25, 0.3) is 0 Å². The maximum Gasteiger partial charge on any atom is 0.161 e. The van der Waals surface area contributed by atoms with Crippen LogP contribution in [0.25, 0.3) is 0 Å². The second-order valence-corrected chi connectivity index (χ2v) is 5.15. The Balaban J connectivity index is 2.01. The summed E-state index contributed by atoms with van der Waals surface area (Å²) >= 11 is 3.44. The van der Waals surface area contributed by atoms with Crippen molar-refractivity contribution in [2.75, 3.05) is 32.1 Å². The van der Waals surface area contributed by atoms with E-state index in [0.717, 1.165) is 29.9 Å². The van der Waals surface area contributed by atoms with Gasteiger partial charge in [0.1, 0.15) is 6.61 Å². The first kappa shape index (κ1) is 16.3. The summed E-state index contributed by atoms with van der Waals surface area (Å²) in [6, 6.07) is 7.73. The summed E-state index contributed by atoms with van der Waals surface area (Å²) in [7, 11) is 1.66. The standard InChI is InChI=1S/C15H24BrNO2/c1-18-14-8-4-5-9-15(14)19-13-12-17-11-7-3-2-6-10-16/h4-5,8-9,17H,2-3,6-7,10-13H2,1H3. The maximum atomic E-state index is 5.68. The Bertz CT molecular complexity index is 334. The molecule has 0 radical (unpaired) electrons. The Labute approximate surface area is 124 Å². The highest BCUT2D eigenvalue weighted by Gasteiger charge is 2.01. The minimum Gasteiger partial charge on any atom is -0.493 e. The Kier molecular flexibility index (Phi) is 9.55. The van der Waals surface area contributed by atoms with Crippen LogP contribution in [0.15, 0.2) is 24.3 Å².